The highest BCUT2D eigenvalue weighted by Gasteiger charge is 2.10. The normalized spacial score (nSPS) is 12.1. The zero-order chi connectivity index (χ0) is 14.2. The molecule has 102 valence electrons. The molecule has 1 aromatic carbocycles. The summed E-state index contributed by atoms with van der Waals surface area (Å²) in [7, 11) is -2.03. The third kappa shape index (κ3) is 3.45. The van der Waals surface area contributed by atoms with Gasteiger partial charge in [-0.15, -0.1) is 0 Å². The van der Waals surface area contributed by atoms with Crippen LogP contribution in [0.1, 0.15) is 31.3 Å². The maximum Gasteiger partial charge on any atom is 0.132 e. The first-order valence-corrected chi connectivity index (χ1v) is 8.84. The van der Waals surface area contributed by atoms with Crippen molar-refractivity contribution in [3.8, 4) is 0 Å². The maximum atomic E-state index is 12.0. The Bertz CT molecular complexity index is 738. The Morgan fingerprint density at radius 3 is 2.53 bits per heavy atom. The monoisotopic (exact) mass is 296 g/mol. The topological polar surface area (TPSA) is 42.9 Å². The Balaban J connectivity index is 2.85. The van der Waals surface area contributed by atoms with Crippen LogP contribution in [-0.2, 0) is 9.52 Å². The van der Waals surface area contributed by atoms with Crippen LogP contribution >= 0.6 is 11.6 Å². The molecular weight excluding hydrogens is 280 g/mol. The smallest absolute Gasteiger partial charge is 0.132 e. The fourth-order valence-electron chi connectivity index (χ4n) is 1.76. The van der Waals surface area contributed by atoms with E-state index in [9.17, 15) is 4.21 Å². The maximum absolute atomic E-state index is 12.0. The second kappa shape index (κ2) is 5.10. The summed E-state index contributed by atoms with van der Waals surface area (Å²) in [5.41, 5.74) is 1.53. The van der Waals surface area contributed by atoms with Crippen LogP contribution in [0.2, 0.25) is 5.02 Å². The summed E-state index contributed by atoms with van der Waals surface area (Å²) < 4.78 is 12.0. The van der Waals surface area contributed by atoms with Crippen molar-refractivity contribution in [2.45, 2.75) is 19.8 Å². The number of hydrogen-bond donors (Lipinski definition) is 0. The SMILES string of the molecule is CC(C)c1nc(C=S(C)(C)=O)c2cc(Cl)ccc2n1. The van der Waals surface area contributed by atoms with E-state index in [0.717, 1.165) is 16.7 Å². The fourth-order valence-corrected chi connectivity index (χ4v) is 2.65. The van der Waals surface area contributed by atoms with Gasteiger partial charge in [0.05, 0.1) is 11.2 Å². The van der Waals surface area contributed by atoms with Crippen molar-refractivity contribution in [2.24, 2.45) is 0 Å². The van der Waals surface area contributed by atoms with Crippen LogP contribution in [0.3, 0.4) is 0 Å². The van der Waals surface area contributed by atoms with Gasteiger partial charge in [-0.1, -0.05) is 25.4 Å². The van der Waals surface area contributed by atoms with E-state index in [1.165, 1.54) is 0 Å². The number of halogens is 1. The number of rotatable bonds is 2. The Labute approximate surface area is 119 Å². The van der Waals surface area contributed by atoms with Crippen LogP contribution in [0, 0.1) is 0 Å². The lowest BCUT2D eigenvalue weighted by Gasteiger charge is -2.09. The molecule has 2 rings (SSSR count). The predicted molar refractivity (Wildman–Crippen MR) is 83.8 cm³/mol. The number of hydrogen-bond acceptors (Lipinski definition) is 3. The van der Waals surface area contributed by atoms with Crippen molar-refractivity contribution in [3.63, 3.8) is 0 Å². The molecule has 0 bridgehead atoms. The summed E-state index contributed by atoms with van der Waals surface area (Å²) in [6.45, 7) is 4.08. The van der Waals surface area contributed by atoms with Crippen LogP contribution < -0.4 is 0 Å². The molecule has 0 amide bonds. The number of aromatic nitrogens is 2. The molecule has 0 saturated carbocycles. The summed E-state index contributed by atoms with van der Waals surface area (Å²) in [4.78, 5) is 9.05. The van der Waals surface area contributed by atoms with Gasteiger partial charge in [0.15, 0.2) is 0 Å². The third-order valence-electron chi connectivity index (χ3n) is 2.62. The van der Waals surface area contributed by atoms with E-state index in [4.69, 9.17) is 11.6 Å². The molecule has 0 N–H and O–H groups in total. The van der Waals surface area contributed by atoms with Crippen LogP contribution in [0.25, 0.3) is 10.9 Å². The number of fused-ring (bicyclic) bond motifs is 1. The molecule has 19 heavy (non-hydrogen) atoms. The predicted octanol–water partition coefficient (Wildman–Crippen LogP) is 3.10. The lowest BCUT2D eigenvalue weighted by atomic mass is 10.1. The molecule has 0 fully saturated rings. The average molecular weight is 297 g/mol. The van der Waals surface area contributed by atoms with Gasteiger partial charge in [0.2, 0.25) is 0 Å². The van der Waals surface area contributed by atoms with Gasteiger partial charge >= 0.3 is 0 Å². The first kappa shape index (κ1) is 14.3. The molecule has 0 aliphatic carbocycles. The Kier molecular flexibility index (Phi) is 3.83. The van der Waals surface area contributed by atoms with Crippen molar-refractivity contribution >= 4 is 37.4 Å². The highest BCUT2D eigenvalue weighted by molar-refractivity contribution is 8.00. The summed E-state index contributed by atoms with van der Waals surface area (Å²) in [6.07, 6.45) is 3.39. The second-order valence-corrected chi connectivity index (χ2v) is 8.50. The Hall–Kier alpha value is -1.13. The summed E-state index contributed by atoms with van der Waals surface area (Å²) in [5, 5.41) is 3.18. The second-order valence-electron chi connectivity index (χ2n) is 5.21. The molecule has 0 aliphatic rings. The van der Waals surface area contributed by atoms with Crippen LogP contribution in [0.4, 0.5) is 0 Å². The third-order valence-corrected chi connectivity index (χ3v) is 3.64. The molecule has 0 aliphatic heterocycles. The molecule has 1 aromatic heterocycles. The minimum Gasteiger partial charge on any atom is -0.268 e. The highest BCUT2D eigenvalue weighted by Crippen LogP contribution is 2.22. The fraction of sp³-hybridized carbons (Fsp3) is 0.357. The molecule has 5 heteroatoms. The van der Waals surface area contributed by atoms with E-state index >= 15 is 0 Å². The molecule has 2 aromatic rings. The summed E-state index contributed by atoms with van der Waals surface area (Å²) in [5.74, 6) is 0.974. The van der Waals surface area contributed by atoms with Gasteiger partial charge in [-0.3, -0.25) is 4.21 Å². The van der Waals surface area contributed by atoms with Crippen LogP contribution in [-0.4, -0.2) is 32.1 Å². The van der Waals surface area contributed by atoms with E-state index in [1.54, 1.807) is 23.9 Å². The van der Waals surface area contributed by atoms with E-state index in [0.29, 0.717) is 10.7 Å². The lowest BCUT2D eigenvalue weighted by molar-refractivity contribution is 0.688. The van der Waals surface area contributed by atoms with Crippen molar-refractivity contribution in [1.29, 1.82) is 0 Å². The molecular formula is C14H17ClN2OS. The van der Waals surface area contributed by atoms with Crippen LogP contribution in [0.5, 0.6) is 0 Å². The van der Waals surface area contributed by atoms with Gasteiger partial charge in [0.25, 0.3) is 0 Å². The van der Waals surface area contributed by atoms with Gasteiger partial charge in [-0.05, 0) is 27.7 Å². The van der Waals surface area contributed by atoms with E-state index in [-0.39, 0.29) is 5.92 Å². The first-order chi connectivity index (χ1) is 8.76. The minimum atomic E-state index is -2.03. The van der Waals surface area contributed by atoms with Gasteiger partial charge in [-0.25, -0.2) is 9.97 Å². The summed E-state index contributed by atoms with van der Waals surface area (Å²) in [6, 6.07) is 5.49. The Morgan fingerprint density at radius 1 is 1.26 bits per heavy atom. The first-order valence-electron chi connectivity index (χ1n) is 6.02. The van der Waals surface area contributed by atoms with E-state index in [2.05, 4.69) is 9.97 Å². The largest absolute Gasteiger partial charge is 0.268 e. The average Bonchev–Trinajstić information content (AvgIpc) is 2.27. The molecule has 0 saturated heterocycles. The number of benzene rings is 1. The van der Waals surface area contributed by atoms with E-state index in [1.807, 2.05) is 26.0 Å². The summed E-state index contributed by atoms with van der Waals surface area (Å²) >= 11 is 6.02. The quantitative estimate of drug-likeness (QED) is 0.800. The molecule has 0 atom stereocenters. The van der Waals surface area contributed by atoms with Gasteiger partial charge in [-0.2, -0.15) is 0 Å². The standard InChI is InChI=1S/C14H17ClN2OS/c1-9(2)14-16-12-6-5-10(15)7-11(12)13(17-14)8-19(3,4)18/h5-9H,1-4H3. The zero-order valence-electron chi connectivity index (χ0n) is 11.5. The molecule has 0 unspecified atom stereocenters. The van der Waals surface area contributed by atoms with Gasteiger partial charge in [0.1, 0.15) is 5.82 Å². The van der Waals surface area contributed by atoms with Crippen molar-refractivity contribution in [1.82, 2.24) is 9.97 Å². The number of nitrogens with zero attached hydrogens (tertiary/aromatic N) is 2. The van der Waals surface area contributed by atoms with Gasteiger partial charge < -0.3 is 0 Å². The molecule has 0 spiro atoms. The van der Waals surface area contributed by atoms with Crippen molar-refractivity contribution in [3.05, 3.63) is 34.7 Å². The molecule has 1 heterocycles. The zero-order valence-corrected chi connectivity index (χ0v) is 13.0. The van der Waals surface area contributed by atoms with Gasteiger partial charge in [0, 0.05) is 34.2 Å². The van der Waals surface area contributed by atoms with E-state index < -0.39 is 9.52 Å². The molecule has 0 radical (unpaired) electrons. The van der Waals surface area contributed by atoms with Crippen molar-refractivity contribution < 1.29 is 4.21 Å². The lowest BCUT2D eigenvalue weighted by Crippen LogP contribution is -2.06. The van der Waals surface area contributed by atoms with Crippen molar-refractivity contribution in [2.75, 3.05) is 12.5 Å². The van der Waals surface area contributed by atoms with Crippen LogP contribution in [0.15, 0.2) is 18.2 Å². The molecule has 3 nitrogen and oxygen atoms in total. The Morgan fingerprint density at radius 2 is 1.95 bits per heavy atom. The minimum absolute atomic E-state index is 0.219. The highest BCUT2D eigenvalue weighted by atomic mass is 35.5.